The fourth-order valence-corrected chi connectivity index (χ4v) is 3.73. The van der Waals surface area contributed by atoms with Gasteiger partial charge in [0, 0.05) is 51.3 Å². The van der Waals surface area contributed by atoms with E-state index >= 15 is 0 Å². The summed E-state index contributed by atoms with van der Waals surface area (Å²) in [7, 11) is 0. The first-order valence-corrected chi connectivity index (χ1v) is 9.75. The van der Waals surface area contributed by atoms with Crippen LogP contribution in [0.25, 0.3) is 0 Å². The number of hydrogen-bond acceptors (Lipinski definition) is 4. The minimum Gasteiger partial charge on any atom is -0.354 e. The molecule has 1 N–H and O–H groups in total. The molecule has 146 valence electrons. The molecule has 2 heterocycles. The van der Waals surface area contributed by atoms with E-state index in [1.165, 1.54) is 0 Å². The van der Waals surface area contributed by atoms with Crippen molar-refractivity contribution in [2.75, 3.05) is 44.2 Å². The predicted molar refractivity (Wildman–Crippen MR) is 103 cm³/mol. The Morgan fingerprint density at radius 2 is 1.81 bits per heavy atom. The molecule has 7 heteroatoms. The van der Waals surface area contributed by atoms with Gasteiger partial charge in [-0.2, -0.15) is 0 Å². The van der Waals surface area contributed by atoms with Crippen LogP contribution in [-0.4, -0.2) is 72.8 Å². The van der Waals surface area contributed by atoms with Gasteiger partial charge in [0.25, 0.3) is 0 Å². The molecule has 27 heavy (non-hydrogen) atoms. The summed E-state index contributed by atoms with van der Waals surface area (Å²) in [5, 5.41) is 2.84. The number of carbonyl (C=O) groups is 3. The second kappa shape index (κ2) is 8.99. The number of likely N-dealkylation sites (N-methyl/N-ethyl adjacent to an activating group) is 1. The van der Waals surface area contributed by atoms with Gasteiger partial charge in [0.05, 0.1) is 0 Å². The van der Waals surface area contributed by atoms with Crippen molar-refractivity contribution in [2.24, 2.45) is 0 Å². The lowest BCUT2D eigenvalue weighted by molar-refractivity contribution is -0.133. The van der Waals surface area contributed by atoms with Crippen molar-refractivity contribution < 1.29 is 14.4 Å². The Labute approximate surface area is 160 Å². The number of amides is 3. The van der Waals surface area contributed by atoms with Crippen LogP contribution in [0, 0.1) is 0 Å². The molecule has 1 unspecified atom stereocenters. The van der Waals surface area contributed by atoms with Crippen LogP contribution in [0.4, 0.5) is 5.69 Å². The molecule has 2 aliphatic heterocycles. The van der Waals surface area contributed by atoms with Crippen LogP contribution < -0.4 is 10.2 Å². The molecule has 3 amide bonds. The first-order chi connectivity index (χ1) is 13.1. The third-order valence-corrected chi connectivity index (χ3v) is 5.36. The summed E-state index contributed by atoms with van der Waals surface area (Å²) in [4.78, 5) is 42.9. The summed E-state index contributed by atoms with van der Waals surface area (Å²) in [6.07, 6.45) is 1.17. The largest absolute Gasteiger partial charge is 0.354 e. The minimum absolute atomic E-state index is 0.0359. The maximum atomic E-state index is 12.6. The SMILES string of the molecule is CCN1CCN(C(=O)CCNC(=O)C2CCC(=O)N2c2ccccc2)CC1. The highest BCUT2D eigenvalue weighted by molar-refractivity contribution is 6.03. The standard InChI is InChI=1S/C20H28N4O3/c1-2-22-12-14-23(15-13-22)18(25)10-11-21-20(27)17-8-9-19(26)24(17)16-6-4-3-5-7-16/h3-7,17H,2,8-15H2,1H3,(H,21,27). The van der Waals surface area contributed by atoms with E-state index in [4.69, 9.17) is 0 Å². The van der Waals surface area contributed by atoms with E-state index < -0.39 is 6.04 Å². The Morgan fingerprint density at radius 3 is 2.48 bits per heavy atom. The number of nitrogens with one attached hydrogen (secondary N) is 1. The van der Waals surface area contributed by atoms with Crippen LogP contribution in [0.5, 0.6) is 0 Å². The number of nitrogens with zero attached hydrogens (tertiary/aromatic N) is 3. The molecule has 0 saturated carbocycles. The van der Waals surface area contributed by atoms with Crippen LogP contribution in [0.3, 0.4) is 0 Å². The van der Waals surface area contributed by atoms with Gasteiger partial charge in [0.2, 0.25) is 17.7 Å². The van der Waals surface area contributed by atoms with E-state index in [-0.39, 0.29) is 17.7 Å². The number of anilines is 1. The number of hydrogen-bond donors (Lipinski definition) is 1. The monoisotopic (exact) mass is 372 g/mol. The molecule has 1 aromatic carbocycles. The topological polar surface area (TPSA) is 73.0 Å². The molecule has 2 saturated heterocycles. The molecule has 0 aromatic heterocycles. The van der Waals surface area contributed by atoms with Gasteiger partial charge in [-0.15, -0.1) is 0 Å². The van der Waals surface area contributed by atoms with Gasteiger partial charge in [-0.1, -0.05) is 25.1 Å². The summed E-state index contributed by atoms with van der Waals surface area (Å²) < 4.78 is 0. The van der Waals surface area contributed by atoms with Crippen molar-refractivity contribution >= 4 is 23.4 Å². The van der Waals surface area contributed by atoms with Gasteiger partial charge in [0.1, 0.15) is 6.04 Å². The first-order valence-electron chi connectivity index (χ1n) is 9.75. The number of piperazine rings is 1. The van der Waals surface area contributed by atoms with E-state index in [1.807, 2.05) is 35.2 Å². The van der Waals surface area contributed by atoms with Gasteiger partial charge < -0.3 is 15.1 Å². The molecule has 0 spiro atoms. The number of carbonyl (C=O) groups excluding carboxylic acids is 3. The second-order valence-electron chi connectivity index (χ2n) is 7.01. The quantitative estimate of drug-likeness (QED) is 0.804. The van der Waals surface area contributed by atoms with Crippen molar-refractivity contribution in [3.05, 3.63) is 30.3 Å². The van der Waals surface area contributed by atoms with Crippen LogP contribution in [0.15, 0.2) is 30.3 Å². The van der Waals surface area contributed by atoms with Gasteiger partial charge in [-0.05, 0) is 25.1 Å². The Morgan fingerprint density at radius 1 is 1.11 bits per heavy atom. The Balaban J connectivity index is 1.47. The van der Waals surface area contributed by atoms with Crippen LogP contribution >= 0.6 is 0 Å². The van der Waals surface area contributed by atoms with Crippen molar-refractivity contribution in [3.8, 4) is 0 Å². The molecule has 2 aliphatic rings. The van der Waals surface area contributed by atoms with Gasteiger partial charge >= 0.3 is 0 Å². The van der Waals surface area contributed by atoms with Crippen molar-refractivity contribution in [1.82, 2.24) is 15.1 Å². The Bertz CT molecular complexity index is 671. The average molecular weight is 372 g/mol. The highest BCUT2D eigenvalue weighted by Gasteiger charge is 2.36. The molecular formula is C20H28N4O3. The summed E-state index contributed by atoms with van der Waals surface area (Å²) in [5.74, 6) is -0.145. The summed E-state index contributed by atoms with van der Waals surface area (Å²) in [6, 6.07) is 8.76. The van der Waals surface area contributed by atoms with Crippen LogP contribution in [-0.2, 0) is 14.4 Å². The summed E-state index contributed by atoms with van der Waals surface area (Å²) >= 11 is 0. The van der Waals surface area contributed by atoms with Gasteiger partial charge in [0.15, 0.2) is 0 Å². The highest BCUT2D eigenvalue weighted by Crippen LogP contribution is 2.26. The van der Waals surface area contributed by atoms with E-state index in [2.05, 4.69) is 17.1 Å². The third kappa shape index (κ3) is 4.66. The molecule has 1 atom stereocenters. The van der Waals surface area contributed by atoms with Gasteiger partial charge in [-0.3, -0.25) is 19.3 Å². The molecule has 0 bridgehead atoms. The molecule has 3 rings (SSSR count). The lowest BCUT2D eigenvalue weighted by Gasteiger charge is -2.34. The molecule has 0 radical (unpaired) electrons. The average Bonchev–Trinajstić information content (AvgIpc) is 3.10. The van der Waals surface area contributed by atoms with Gasteiger partial charge in [-0.25, -0.2) is 0 Å². The lowest BCUT2D eigenvalue weighted by Crippen LogP contribution is -2.49. The van der Waals surface area contributed by atoms with E-state index in [1.54, 1.807) is 4.90 Å². The Kier molecular flexibility index (Phi) is 6.45. The van der Waals surface area contributed by atoms with E-state index in [0.29, 0.717) is 25.8 Å². The zero-order valence-electron chi connectivity index (χ0n) is 15.9. The predicted octanol–water partition coefficient (Wildman–Crippen LogP) is 0.852. The molecule has 1 aromatic rings. The zero-order valence-corrected chi connectivity index (χ0v) is 15.9. The maximum absolute atomic E-state index is 12.6. The second-order valence-corrected chi connectivity index (χ2v) is 7.01. The minimum atomic E-state index is -0.497. The number of benzene rings is 1. The zero-order chi connectivity index (χ0) is 19.2. The fourth-order valence-electron chi connectivity index (χ4n) is 3.73. The summed E-state index contributed by atoms with van der Waals surface area (Å²) in [6.45, 7) is 6.75. The van der Waals surface area contributed by atoms with Crippen LogP contribution in [0.2, 0.25) is 0 Å². The highest BCUT2D eigenvalue weighted by atomic mass is 16.2. The van der Waals surface area contributed by atoms with Crippen molar-refractivity contribution in [3.63, 3.8) is 0 Å². The first kappa shape index (κ1) is 19.4. The molecule has 7 nitrogen and oxygen atoms in total. The number of para-hydroxylation sites is 1. The van der Waals surface area contributed by atoms with Crippen molar-refractivity contribution in [1.29, 1.82) is 0 Å². The Hall–Kier alpha value is -2.41. The van der Waals surface area contributed by atoms with Crippen LogP contribution in [0.1, 0.15) is 26.2 Å². The smallest absolute Gasteiger partial charge is 0.243 e. The molecule has 0 aliphatic carbocycles. The van der Waals surface area contributed by atoms with E-state index in [0.717, 1.165) is 38.4 Å². The molecular weight excluding hydrogens is 344 g/mol. The fraction of sp³-hybridized carbons (Fsp3) is 0.550. The maximum Gasteiger partial charge on any atom is 0.243 e. The third-order valence-electron chi connectivity index (χ3n) is 5.36. The lowest BCUT2D eigenvalue weighted by atomic mass is 10.2. The molecule has 2 fully saturated rings. The summed E-state index contributed by atoms with van der Waals surface area (Å²) in [5.41, 5.74) is 0.741. The number of rotatable bonds is 6. The normalized spacial score (nSPS) is 20.8. The van der Waals surface area contributed by atoms with Crippen molar-refractivity contribution in [2.45, 2.75) is 32.2 Å². The van der Waals surface area contributed by atoms with E-state index in [9.17, 15) is 14.4 Å².